The van der Waals surface area contributed by atoms with E-state index in [2.05, 4.69) is 37.7 Å². The SMILES string of the molecule is CC(C)Cc1ccnc(C(C)C)n1. The van der Waals surface area contributed by atoms with E-state index in [0.717, 1.165) is 17.9 Å². The van der Waals surface area contributed by atoms with Gasteiger partial charge in [0, 0.05) is 17.8 Å². The minimum Gasteiger partial charge on any atom is -0.241 e. The predicted molar refractivity (Wildman–Crippen MR) is 54.7 cm³/mol. The fraction of sp³-hybridized carbons (Fsp3) is 0.636. The lowest BCUT2D eigenvalue weighted by Gasteiger charge is -2.07. The van der Waals surface area contributed by atoms with Gasteiger partial charge in [0.15, 0.2) is 0 Å². The van der Waals surface area contributed by atoms with Crippen molar-refractivity contribution in [2.24, 2.45) is 5.92 Å². The van der Waals surface area contributed by atoms with E-state index in [9.17, 15) is 0 Å². The van der Waals surface area contributed by atoms with Gasteiger partial charge in [0.1, 0.15) is 5.82 Å². The molecular weight excluding hydrogens is 160 g/mol. The lowest BCUT2D eigenvalue weighted by atomic mass is 10.1. The molecule has 1 heterocycles. The Bertz CT molecular complexity index is 267. The predicted octanol–water partition coefficient (Wildman–Crippen LogP) is 2.80. The molecule has 2 heteroatoms. The molecule has 0 amide bonds. The summed E-state index contributed by atoms with van der Waals surface area (Å²) in [5, 5.41) is 0. The molecule has 72 valence electrons. The van der Waals surface area contributed by atoms with Crippen LogP contribution in [0.4, 0.5) is 0 Å². The average Bonchev–Trinajstić information content (AvgIpc) is 2.03. The maximum absolute atomic E-state index is 4.50. The zero-order valence-corrected chi connectivity index (χ0v) is 8.91. The summed E-state index contributed by atoms with van der Waals surface area (Å²) in [7, 11) is 0. The molecule has 1 aromatic heterocycles. The molecule has 1 rings (SSSR count). The van der Waals surface area contributed by atoms with Crippen molar-refractivity contribution in [3.8, 4) is 0 Å². The van der Waals surface area contributed by atoms with Gasteiger partial charge < -0.3 is 0 Å². The molecule has 0 aliphatic carbocycles. The second-order valence-corrected chi connectivity index (χ2v) is 4.16. The van der Waals surface area contributed by atoms with Crippen LogP contribution in [0.5, 0.6) is 0 Å². The van der Waals surface area contributed by atoms with Crippen LogP contribution < -0.4 is 0 Å². The lowest BCUT2D eigenvalue weighted by molar-refractivity contribution is 0.625. The van der Waals surface area contributed by atoms with Crippen molar-refractivity contribution < 1.29 is 0 Å². The first-order chi connectivity index (χ1) is 6.09. The molecule has 0 saturated heterocycles. The van der Waals surface area contributed by atoms with Gasteiger partial charge in [-0.05, 0) is 18.4 Å². The van der Waals surface area contributed by atoms with E-state index < -0.39 is 0 Å². The molecule has 0 spiro atoms. The number of hydrogen-bond acceptors (Lipinski definition) is 2. The Morgan fingerprint density at radius 3 is 2.46 bits per heavy atom. The van der Waals surface area contributed by atoms with E-state index >= 15 is 0 Å². The summed E-state index contributed by atoms with van der Waals surface area (Å²) < 4.78 is 0. The molecule has 13 heavy (non-hydrogen) atoms. The second kappa shape index (κ2) is 4.35. The first-order valence-corrected chi connectivity index (χ1v) is 4.91. The van der Waals surface area contributed by atoms with Crippen LogP contribution in [0.2, 0.25) is 0 Å². The van der Waals surface area contributed by atoms with Crippen LogP contribution >= 0.6 is 0 Å². The van der Waals surface area contributed by atoms with Gasteiger partial charge in [0.2, 0.25) is 0 Å². The van der Waals surface area contributed by atoms with E-state index in [-0.39, 0.29) is 0 Å². The highest BCUT2D eigenvalue weighted by Gasteiger charge is 2.04. The van der Waals surface area contributed by atoms with Gasteiger partial charge in [-0.25, -0.2) is 9.97 Å². The maximum Gasteiger partial charge on any atom is 0.131 e. The topological polar surface area (TPSA) is 25.8 Å². The van der Waals surface area contributed by atoms with Crippen LogP contribution in [0, 0.1) is 5.92 Å². The summed E-state index contributed by atoms with van der Waals surface area (Å²) >= 11 is 0. The molecule has 0 bridgehead atoms. The Kier molecular flexibility index (Phi) is 3.40. The molecule has 0 N–H and O–H groups in total. The summed E-state index contributed by atoms with van der Waals surface area (Å²) in [5.41, 5.74) is 1.16. The summed E-state index contributed by atoms with van der Waals surface area (Å²) in [5.74, 6) is 2.04. The van der Waals surface area contributed by atoms with E-state index in [1.165, 1.54) is 0 Å². The van der Waals surface area contributed by atoms with Crippen LogP contribution in [-0.4, -0.2) is 9.97 Å². The first kappa shape index (κ1) is 10.2. The summed E-state index contributed by atoms with van der Waals surface area (Å²) in [4.78, 5) is 8.74. The van der Waals surface area contributed by atoms with Gasteiger partial charge in [-0.15, -0.1) is 0 Å². The quantitative estimate of drug-likeness (QED) is 0.711. The Morgan fingerprint density at radius 2 is 1.92 bits per heavy atom. The molecule has 0 aromatic carbocycles. The number of hydrogen-bond donors (Lipinski definition) is 0. The van der Waals surface area contributed by atoms with Crippen LogP contribution in [0.1, 0.15) is 45.1 Å². The number of nitrogens with zero attached hydrogens (tertiary/aromatic N) is 2. The van der Waals surface area contributed by atoms with E-state index in [1.54, 1.807) is 0 Å². The Labute approximate surface area is 80.4 Å². The third kappa shape index (κ3) is 3.13. The molecule has 0 unspecified atom stereocenters. The molecule has 0 aliphatic heterocycles. The number of aromatic nitrogens is 2. The molecule has 0 radical (unpaired) electrons. The summed E-state index contributed by atoms with van der Waals surface area (Å²) in [6.07, 6.45) is 2.91. The minimum atomic E-state index is 0.423. The third-order valence-electron chi connectivity index (χ3n) is 1.87. The first-order valence-electron chi connectivity index (χ1n) is 4.91. The van der Waals surface area contributed by atoms with Crippen LogP contribution in [0.25, 0.3) is 0 Å². The standard InChI is InChI=1S/C11H18N2/c1-8(2)7-10-5-6-12-11(13-10)9(3)4/h5-6,8-9H,7H2,1-4H3. The molecular formula is C11H18N2. The van der Waals surface area contributed by atoms with Crippen molar-refractivity contribution >= 4 is 0 Å². The van der Waals surface area contributed by atoms with E-state index in [1.807, 2.05) is 12.3 Å². The highest BCUT2D eigenvalue weighted by Crippen LogP contribution is 2.10. The van der Waals surface area contributed by atoms with Gasteiger partial charge >= 0.3 is 0 Å². The molecule has 1 aromatic rings. The molecule has 0 saturated carbocycles. The van der Waals surface area contributed by atoms with Crippen molar-refractivity contribution in [3.63, 3.8) is 0 Å². The van der Waals surface area contributed by atoms with Crippen LogP contribution in [0.3, 0.4) is 0 Å². The van der Waals surface area contributed by atoms with Crippen molar-refractivity contribution in [1.82, 2.24) is 9.97 Å². The van der Waals surface area contributed by atoms with Crippen molar-refractivity contribution in [2.75, 3.05) is 0 Å². The van der Waals surface area contributed by atoms with Crippen molar-refractivity contribution in [1.29, 1.82) is 0 Å². The fourth-order valence-electron chi connectivity index (χ4n) is 1.22. The van der Waals surface area contributed by atoms with E-state index in [4.69, 9.17) is 0 Å². The van der Waals surface area contributed by atoms with E-state index in [0.29, 0.717) is 11.8 Å². The summed E-state index contributed by atoms with van der Waals surface area (Å²) in [6, 6.07) is 2.01. The smallest absolute Gasteiger partial charge is 0.131 e. The second-order valence-electron chi connectivity index (χ2n) is 4.16. The van der Waals surface area contributed by atoms with Crippen LogP contribution in [0.15, 0.2) is 12.3 Å². The Hall–Kier alpha value is -0.920. The molecule has 2 nitrogen and oxygen atoms in total. The Morgan fingerprint density at radius 1 is 1.23 bits per heavy atom. The summed E-state index contributed by atoms with van der Waals surface area (Å²) in [6.45, 7) is 8.65. The zero-order chi connectivity index (χ0) is 9.84. The number of rotatable bonds is 3. The minimum absolute atomic E-state index is 0.423. The zero-order valence-electron chi connectivity index (χ0n) is 8.91. The molecule has 0 atom stereocenters. The van der Waals surface area contributed by atoms with Gasteiger partial charge in [0.05, 0.1) is 0 Å². The van der Waals surface area contributed by atoms with Crippen molar-refractivity contribution in [3.05, 3.63) is 23.8 Å². The van der Waals surface area contributed by atoms with Gasteiger partial charge in [-0.3, -0.25) is 0 Å². The van der Waals surface area contributed by atoms with Crippen LogP contribution in [-0.2, 0) is 6.42 Å². The molecule has 0 fully saturated rings. The maximum atomic E-state index is 4.50. The van der Waals surface area contributed by atoms with Gasteiger partial charge in [-0.2, -0.15) is 0 Å². The monoisotopic (exact) mass is 178 g/mol. The molecule has 0 aliphatic rings. The lowest BCUT2D eigenvalue weighted by Crippen LogP contribution is -2.03. The highest BCUT2D eigenvalue weighted by atomic mass is 14.9. The third-order valence-corrected chi connectivity index (χ3v) is 1.87. The van der Waals surface area contributed by atoms with Gasteiger partial charge in [-0.1, -0.05) is 27.7 Å². The normalized spacial score (nSPS) is 11.2. The highest BCUT2D eigenvalue weighted by molar-refractivity contribution is 5.05. The van der Waals surface area contributed by atoms with Gasteiger partial charge in [0.25, 0.3) is 0 Å². The average molecular weight is 178 g/mol. The Balaban J connectivity index is 2.79. The fourth-order valence-corrected chi connectivity index (χ4v) is 1.22. The largest absolute Gasteiger partial charge is 0.241 e. The van der Waals surface area contributed by atoms with Crippen molar-refractivity contribution in [2.45, 2.75) is 40.0 Å².